The largest absolute Gasteiger partial charge is 0.388 e. The van der Waals surface area contributed by atoms with Crippen molar-refractivity contribution in [2.24, 2.45) is 5.92 Å². The van der Waals surface area contributed by atoms with Crippen LogP contribution in [0.4, 0.5) is 11.6 Å². The summed E-state index contributed by atoms with van der Waals surface area (Å²) in [6, 6.07) is 2.04. The fourth-order valence-electron chi connectivity index (χ4n) is 4.57. The van der Waals surface area contributed by atoms with Crippen molar-refractivity contribution < 1.29 is 5.11 Å². The molecule has 1 aliphatic heterocycles. The summed E-state index contributed by atoms with van der Waals surface area (Å²) in [4.78, 5) is 4.85. The molecule has 4 rings (SSSR count). The number of aromatic nitrogens is 3. The highest BCUT2D eigenvalue weighted by Crippen LogP contribution is 2.27. The lowest BCUT2D eigenvalue weighted by atomic mass is 9.89. The second-order valence-electron chi connectivity index (χ2n) is 9.23. The Morgan fingerprint density at radius 3 is 2.69 bits per heavy atom. The summed E-state index contributed by atoms with van der Waals surface area (Å²) in [5, 5.41) is 25.8. The van der Waals surface area contributed by atoms with Crippen molar-refractivity contribution in [1.29, 1.82) is 0 Å². The highest BCUT2D eigenvalue weighted by Gasteiger charge is 2.29. The average molecular weight is 401 g/mol. The van der Waals surface area contributed by atoms with Crippen molar-refractivity contribution in [3.8, 4) is 0 Å². The molecule has 0 bridgehead atoms. The first-order chi connectivity index (χ1) is 14.0. The van der Waals surface area contributed by atoms with Crippen LogP contribution in [0.15, 0.2) is 12.3 Å². The maximum atomic E-state index is 10.8. The van der Waals surface area contributed by atoms with Gasteiger partial charge < -0.3 is 21.1 Å². The molecule has 0 aromatic carbocycles. The van der Waals surface area contributed by atoms with Crippen molar-refractivity contribution in [3.05, 3.63) is 17.8 Å². The molecule has 7 heteroatoms. The fourth-order valence-corrected chi connectivity index (χ4v) is 4.57. The molecule has 2 fully saturated rings. The van der Waals surface area contributed by atoms with E-state index in [1.54, 1.807) is 0 Å². The van der Waals surface area contributed by atoms with E-state index in [4.69, 9.17) is 4.98 Å². The number of anilines is 2. The first kappa shape index (κ1) is 20.4. The minimum atomic E-state index is -0.671. The Kier molecular flexibility index (Phi) is 6.25. The van der Waals surface area contributed by atoms with Crippen molar-refractivity contribution >= 4 is 17.3 Å². The predicted octanol–water partition coefficient (Wildman–Crippen LogP) is 3.37. The molecule has 29 heavy (non-hydrogen) atoms. The van der Waals surface area contributed by atoms with Crippen molar-refractivity contribution in [3.63, 3.8) is 0 Å². The second-order valence-corrected chi connectivity index (χ2v) is 9.23. The smallest absolute Gasteiger partial charge is 0.163 e. The van der Waals surface area contributed by atoms with Gasteiger partial charge in [-0.3, -0.25) is 0 Å². The van der Waals surface area contributed by atoms with E-state index in [1.807, 2.05) is 16.8 Å². The maximum absolute atomic E-state index is 10.8. The third kappa shape index (κ3) is 4.83. The van der Waals surface area contributed by atoms with Gasteiger partial charge in [0.15, 0.2) is 5.65 Å². The minimum Gasteiger partial charge on any atom is -0.388 e. The fraction of sp³-hybridized carbons (Fsp3) is 0.727. The van der Waals surface area contributed by atoms with Crippen molar-refractivity contribution in [2.45, 2.75) is 70.3 Å². The van der Waals surface area contributed by atoms with Crippen LogP contribution in [-0.2, 0) is 0 Å². The SMILES string of the molecule is CC(C)c1cnn2c(NCC3CCCCC3)cc(NCC3(O)CCNCC3)nc12. The second kappa shape index (κ2) is 8.88. The van der Waals surface area contributed by atoms with Gasteiger partial charge in [0.1, 0.15) is 11.6 Å². The number of piperidine rings is 1. The Balaban J connectivity index is 1.55. The number of rotatable bonds is 7. The first-order valence-corrected chi connectivity index (χ1v) is 11.3. The molecule has 0 amide bonds. The Hall–Kier alpha value is -1.86. The molecule has 0 unspecified atom stereocenters. The van der Waals surface area contributed by atoms with Gasteiger partial charge in [-0.1, -0.05) is 33.1 Å². The molecule has 2 aromatic heterocycles. The summed E-state index contributed by atoms with van der Waals surface area (Å²) >= 11 is 0. The van der Waals surface area contributed by atoms with Crippen molar-refractivity contribution in [2.75, 3.05) is 36.8 Å². The Morgan fingerprint density at radius 2 is 1.97 bits per heavy atom. The molecule has 3 heterocycles. The number of aliphatic hydroxyl groups is 1. The van der Waals surface area contributed by atoms with Gasteiger partial charge in [0.05, 0.1) is 11.8 Å². The van der Waals surface area contributed by atoms with Crippen LogP contribution in [0.3, 0.4) is 0 Å². The summed E-state index contributed by atoms with van der Waals surface area (Å²) in [5.41, 5.74) is 1.37. The number of nitrogens with zero attached hydrogens (tertiary/aromatic N) is 3. The lowest BCUT2D eigenvalue weighted by Crippen LogP contribution is -2.46. The molecule has 2 aromatic rings. The van der Waals surface area contributed by atoms with Gasteiger partial charge in [-0.15, -0.1) is 0 Å². The Bertz CT molecular complexity index is 805. The highest BCUT2D eigenvalue weighted by atomic mass is 16.3. The van der Waals surface area contributed by atoms with E-state index in [-0.39, 0.29) is 0 Å². The highest BCUT2D eigenvalue weighted by molar-refractivity contribution is 5.61. The third-order valence-corrected chi connectivity index (χ3v) is 6.55. The maximum Gasteiger partial charge on any atom is 0.163 e. The van der Waals surface area contributed by atoms with Gasteiger partial charge in [-0.05, 0) is 50.6 Å². The van der Waals surface area contributed by atoms with Crippen molar-refractivity contribution in [1.82, 2.24) is 19.9 Å². The van der Waals surface area contributed by atoms with Crippen LogP contribution in [0.1, 0.15) is 70.3 Å². The molecule has 1 saturated heterocycles. The average Bonchev–Trinajstić information content (AvgIpc) is 3.16. The zero-order chi connectivity index (χ0) is 20.3. The number of hydrogen-bond donors (Lipinski definition) is 4. The van der Waals surface area contributed by atoms with Crippen LogP contribution in [-0.4, -0.2) is 51.5 Å². The van der Waals surface area contributed by atoms with Crippen LogP contribution < -0.4 is 16.0 Å². The van der Waals surface area contributed by atoms with Gasteiger partial charge >= 0.3 is 0 Å². The number of nitrogens with one attached hydrogen (secondary N) is 3. The first-order valence-electron chi connectivity index (χ1n) is 11.3. The predicted molar refractivity (Wildman–Crippen MR) is 118 cm³/mol. The van der Waals surface area contributed by atoms with E-state index in [9.17, 15) is 5.11 Å². The molecule has 0 spiro atoms. The van der Waals surface area contributed by atoms with Crippen LogP contribution >= 0.6 is 0 Å². The molecular weight excluding hydrogens is 364 g/mol. The van der Waals surface area contributed by atoms with Gasteiger partial charge in [0.2, 0.25) is 0 Å². The quantitative estimate of drug-likeness (QED) is 0.570. The zero-order valence-electron chi connectivity index (χ0n) is 17.9. The summed E-state index contributed by atoms with van der Waals surface area (Å²) in [7, 11) is 0. The molecule has 2 aliphatic rings. The van der Waals surface area contributed by atoms with E-state index in [2.05, 4.69) is 34.9 Å². The van der Waals surface area contributed by atoms with Gasteiger partial charge in [-0.25, -0.2) is 4.98 Å². The molecule has 1 saturated carbocycles. The monoisotopic (exact) mass is 400 g/mol. The van der Waals surface area contributed by atoms with Gasteiger partial charge in [-0.2, -0.15) is 9.61 Å². The van der Waals surface area contributed by atoms with E-state index < -0.39 is 5.60 Å². The molecule has 7 nitrogen and oxygen atoms in total. The molecule has 0 radical (unpaired) electrons. The number of hydrogen-bond acceptors (Lipinski definition) is 6. The van der Waals surface area contributed by atoms with Crippen LogP contribution in [0.5, 0.6) is 0 Å². The summed E-state index contributed by atoms with van der Waals surface area (Å²) in [6.45, 7) is 7.56. The summed E-state index contributed by atoms with van der Waals surface area (Å²) in [5.74, 6) is 2.87. The van der Waals surface area contributed by atoms with E-state index in [0.29, 0.717) is 12.5 Å². The van der Waals surface area contributed by atoms with E-state index >= 15 is 0 Å². The Labute approximate surface area is 173 Å². The summed E-state index contributed by atoms with van der Waals surface area (Å²) < 4.78 is 1.93. The van der Waals surface area contributed by atoms with E-state index in [1.165, 1.54) is 32.1 Å². The molecule has 4 N–H and O–H groups in total. The lowest BCUT2D eigenvalue weighted by molar-refractivity contribution is 0.0231. The van der Waals surface area contributed by atoms with Crippen LogP contribution in [0, 0.1) is 5.92 Å². The molecule has 0 atom stereocenters. The standard InChI is InChI=1S/C22H36N6O/c1-16(2)18-14-26-28-20(24-13-17-6-4-3-5-7-17)12-19(27-21(18)28)25-15-22(29)8-10-23-11-9-22/h12,14,16-17,23-24,29H,3-11,13,15H2,1-2H3,(H,25,27). The van der Waals surface area contributed by atoms with Crippen LogP contribution in [0.2, 0.25) is 0 Å². The van der Waals surface area contributed by atoms with Gasteiger partial charge in [0, 0.05) is 24.7 Å². The molecular formula is C22H36N6O. The third-order valence-electron chi connectivity index (χ3n) is 6.55. The van der Waals surface area contributed by atoms with Gasteiger partial charge in [0.25, 0.3) is 0 Å². The topological polar surface area (TPSA) is 86.5 Å². The summed E-state index contributed by atoms with van der Waals surface area (Å²) in [6.07, 6.45) is 10.1. The normalized spacial score (nSPS) is 20.3. The number of fused-ring (bicyclic) bond motifs is 1. The van der Waals surface area contributed by atoms with E-state index in [0.717, 1.165) is 61.2 Å². The zero-order valence-corrected chi connectivity index (χ0v) is 17.9. The van der Waals surface area contributed by atoms with Crippen LogP contribution in [0.25, 0.3) is 5.65 Å². The minimum absolute atomic E-state index is 0.357. The molecule has 160 valence electrons. The Morgan fingerprint density at radius 1 is 1.21 bits per heavy atom. The lowest BCUT2D eigenvalue weighted by Gasteiger charge is -2.32. The molecule has 1 aliphatic carbocycles.